The number of imidazole rings is 1. The van der Waals surface area contributed by atoms with Crippen LogP contribution in [0.5, 0.6) is 5.75 Å². The Bertz CT molecular complexity index is 1710. The third-order valence-corrected chi connectivity index (χ3v) is 7.95. The number of rotatable bonds is 5. The predicted octanol–water partition coefficient (Wildman–Crippen LogP) is 5.32. The molecule has 0 fully saturated rings. The Labute approximate surface area is 224 Å². The number of fused-ring (bicyclic) bond motifs is 4. The van der Waals surface area contributed by atoms with Gasteiger partial charge in [-0.2, -0.15) is 5.10 Å². The number of esters is 1. The van der Waals surface area contributed by atoms with Crippen molar-refractivity contribution in [1.29, 1.82) is 0 Å². The third kappa shape index (κ3) is 4.10. The van der Waals surface area contributed by atoms with E-state index in [9.17, 15) is 9.90 Å². The molecule has 1 aliphatic carbocycles. The van der Waals surface area contributed by atoms with E-state index in [0.29, 0.717) is 22.0 Å². The van der Waals surface area contributed by atoms with Crippen LogP contribution in [-0.4, -0.2) is 37.4 Å². The number of benzene rings is 2. The molecule has 0 bridgehead atoms. The molecule has 2 aromatic carbocycles. The zero-order chi connectivity index (χ0) is 26.6. The van der Waals surface area contributed by atoms with Gasteiger partial charge in [0.25, 0.3) is 0 Å². The average molecular weight is 530 g/mol. The Morgan fingerprint density at radius 1 is 1.24 bits per heavy atom. The molecule has 5 aromatic rings. The average Bonchev–Trinajstić information content (AvgIpc) is 3.52. The number of aromatic nitrogens is 4. The first-order valence-corrected chi connectivity index (χ1v) is 13.0. The molecule has 0 saturated carbocycles. The third-order valence-electron chi connectivity index (χ3n) is 7.63. The quantitative estimate of drug-likeness (QED) is 0.298. The maximum Gasteiger partial charge on any atom is 0.337 e. The van der Waals surface area contributed by atoms with Crippen molar-refractivity contribution in [2.45, 2.75) is 38.6 Å². The van der Waals surface area contributed by atoms with E-state index in [1.54, 1.807) is 24.5 Å². The number of pyridine rings is 1. The molecular formula is C29H28ClN5O3. The molecule has 0 amide bonds. The topological polar surface area (TPSA) is 108 Å². The molecule has 0 radical (unpaired) electrons. The Morgan fingerprint density at radius 3 is 2.87 bits per heavy atom. The highest BCUT2D eigenvalue weighted by atomic mass is 35.5. The maximum absolute atomic E-state index is 11.9. The van der Waals surface area contributed by atoms with Gasteiger partial charge in [-0.1, -0.05) is 17.7 Å². The minimum absolute atomic E-state index is 0.220. The van der Waals surface area contributed by atoms with Crippen molar-refractivity contribution >= 4 is 34.1 Å². The number of halogens is 1. The van der Waals surface area contributed by atoms with E-state index in [-0.39, 0.29) is 11.8 Å². The number of methoxy groups -OCH3 is 1. The van der Waals surface area contributed by atoms with Gasteiger partial charge in [0.2, 0.25) is 0 Å². The summed E-state index contributed by atoms with van der Waals surface area (Å²) in [7, 11) is 1.36. The van der Waals surface area contributed by atoms with Gasteiger partial charge >= 0.3 is 5.97 Å². The van der Waals surface area contributed by atoms with E-state index in [1.165, 1.54) is 7.11 Å². The predicted molar refractivity (Wildman–Crippen MR) is 146 cm³/mol. The molecule has 1 unspecified atom stereocenters. The van der Waals surface area contributed by atoms with Crippen LogP contribution in [0.2, 0.25) is 5.02 Å². The number of nitrogens with zero attached hydrogens (tertiary/aromatic N) is 4. The van der Waals surface area contributed by atoms with Gasteiger partial charge in [-0.05, 0) is 86.6 Å². The molecule has 0 aliphatic heterocycles. The van der Waals surface area contributed by atoms with Crippen LogP contribution in [0.4, 0.5) is 0 Å². The Kier molecular flexibility index (Phi) is 6.08. The van der Waals surface area contributed by atoms with Crippen LogP contribution < -0.4 is 5.73 Å². The van der Waals surface area contributed by atoms with E-state index in [0.717, 1.165) is 64.9 Å². The Morgan fingerprint density at radius 2 is 2.08 bits per heavy atom. The minimum Gasteiger partial charge on any atom is -0.506 e. The molecule has 2 atom stereocenters. The van der Waals surface area contributed by atoms with E-state index in [4.69, 9.17) is 27.2 Å². The van der Waals surface area contributed by atoms with Crippen LogP contribution in [0.15, 0.2) is 54.9 Å². The van der Waals surface area contributed by atoms with Gasteiger partial charge in [-0.15, -0.1) is 0 Å². The van der Waals surface area contributed by atoms with Crippen molar-refractivity contribution < 1.29 is 14.6 Å². The van der Waals surface area contributed by atoms with Gasteiger partial charge in [-0.25, -0.2) is 14.3 Å². The SMILES string of the molecule is COC(=O)c1ccc2c(c1)ncn2-c1ccc(C(N)C[C@H]2CCc3nn4c(C)ccc(O)c4c3C2)c(Cl)c1. The first kappa shape index (κ1) is 24.5. The standard InChI is InChI=1S/C29H28ClN5O3/c1-16-3-10-27(36)28-21-11-17(4-8-24(21)33-35(16)28)12-23(31)20-7-6-19(14-22(20)30)34-15-32-25-13-18(29(37)38-2)5-9-26(25)34/h3,5-7,9-10,13-15,17,23,36H,4,8,11-12,31H2,1-2H3/t17-,23?/m0/s1. The molecule has 1 aliphatic rings. The summed E-state index contributed by atoms with van der Waals surface area (Å²) in [5, 5.41) is 15.9. The fourth-order valence-corrected chi connectivity index (χ4v) is 5.94. The summed E-state index contributed by atoms with van der Waals surface area (Å²) in [5.74, 6) is 0.231. The number of ether oxygens (including phenoxy) is 1. The zero-order valence-corrected chi connectivity index (χ0v) is 21.9. The first-order valence-electron chi connectivity index (χ1n) is 12.6. The molecule has 3 N–H and O–H groups in total. The summed E-state index contributed by atoms with van der Waals surface area (Å²) in [6.07, 6.45) is 5.19. The molecule has 9 heteroatoms. The molecule has 6 rings (SSSR count). The molecule has 0 spiro atoms. The van der Waals surface area contributed by atoms with E-state index < -0.39 is 5.97 Å². The monoisotopic (exact) mass is 529 g/mol. The van der Waals surface area contributed by atoms with Crippen molar-refractivity contribution in [1.82, 2.24) is 19.2 Å². The Balaban J connectivity index is 1.22. The summed E-state index contributed by atoms with van der Waals surface area (Å²) in [4.78, 5) is 16.3. The smallest absolute Gasteiger partial charge is 0.337 e. The summed E-state index contributed by atoms with van der Waals surface area (Å²) in [6.45, 7) is 2.00. The molecule has 3 heterocycles. The highest BCUT2D eigenvalue weighted by molar-refractivity contribution is 6.31. The summed E-state index contributed by atoms with van der Waals surface area (Å²) in [5.41, 5.74) is 14.4. The molecule has 38 heavy (non-hydrogen) atoms. The maximum atomic E-state index is 11.9. The number of hydrogen-bond acceptors (Lipinski definition) is 6. The lowest BCUT2D eigenvalue weighted by Crippen LogP contribution is -2.21. The number of aromatic hydroxyl groups is 1. The van der Waals surface area contributed by atoms with Crippen LogP contribution in [0.25, 0.3) is 22.2 Å². The number of nitrogens with two attached hydrogens (primary N) is 1. The molecule has 194 valence electrons. The van der Waals surface area contributed by atoms with Gasteiger partial charge < -0.3 is 15.6 Å². The number of aryl methyl sites for hydroxylation is 2. The Hall–Kier alpha value is -3.88. The first-order chi connectivity index (χ1) is 18.3. The van der Waals surface area contributed by atoms with E-state index in [2.05, 4.69) is 4.98 Å². The second-order valence-corrected chi connectivity index (χ2v) is 10.4. The molecule has 0 saturated heterocycles. The van der Waals surface area contributed by atoms with Crippen molar-refractivity contribution in [2.75, 3.05) is 7.11 Å². The number of carbonyl (C=O) groups excluding carboxylic acids is 1. The van der Waals surface area contributed by atoms with Crippen LogP contribution in [-0.2, 0) is 17.6 Å². The van der Waals surface area contributed by atoms with Gasteiger partial charge in [0, 0.05) is 28.0 Å². The van der Waals surface area contributed by atoms with Gasteiger partial charge in [0.15, 0.2) is 0 Å². The van der Waals surface area contributed by atoms with Crippen molar-refractivity contribution in [2.24, 2.45) is 11.7 Å². The second-order valence-electron chi connectivity index (χ2n) is 10.0. The molecule has 8 nitrogen and oxygen atoms in total. The van der Waals surface area contributed by atoms with E-state index in [1.807, 2.05) is 46.3 Å². The number of carbonyl (C=O) groups is 1. The summed E-state index contributed by atoms with van der Waals surface area (Å²) >= 11 is 6.75. The van der Waals surface area contributed by atoms with Crippen LogP contribution in [0.1, 0.15) is 51.8 Å². The van der Waals surface area contributed by atoms with Gasteiger partial charge in [0.05, 0.1) is 29.4 Å². The number of hydrogen-bond donors (Lipinski definition) is 2. The van der Waals surface area contributed by atoms with Gasteiger partial charge in [0.1, 0.15) is 17.6 Å². The second kappa shape index (κ2) is 9.45. The van der Waals surface area contributed by atoms with Gasteiger partial charge in [-0.3, -0.25) is 4.57 Å². The lowest BCUT2D eigenvalue weighted by Gasteiger charge is -2.25. The highest BCUT2D eigenvalue weighted by Gasteiger charge is 2.27. The summed E-state index contributed by atoms with van der Waals surface area (Å²) < 4.78 is 8.59. The van der Waals surface area contributed by atoms with E-state index >= 15 is 0 Å². The van der Waals surface area contributed by atoms with Crippen LogP contribution in [0.3, 0.4) is 0 Å². The van der Waals surface area contributed by atoms with Crippen molar-refractivity contribution in [3.63, 3.8) is 0 Å². The highest BCUT2D eigenvalue weighted by Crippen LogP contribution is 2.37. The lowest BCUT2D eigenvalue weighted by molar-refractivity contribution is 0.0601. The normalized spacial score (nSPS) is 16.1. The van der Waals surface area contributed by atoms with Crippen LogP contribution >= 0.6 is 11.6 Å². The molecular weight excluding hydrogens is 502 g/mol. The van der Waals surface area contributed by atoms with Crippen molar-refractivity contribution in [3.8, 4) is 11.4 Å². The zero-order valence-electron chi connectivity index (χ0n) is 21.2. The van der Waals surface area contributed by atoms with Crippen LogP contribution in [0, 0.1) is 12.8 Å². The summed E-state index contributed by atoms with van der Waals surface area (Å²) in [6, 6.07) is 14.6. The minimum atomic E-state index is -0.398. The fraction of sp³-hybridized carbons (Fsp3) is 0.276. The largest absolute Gasteiger partial charge is 0.506 e. The van der Waals surface area contributed by atoms with Crippen molar-refractivity contribution in [3.05, 3.63) is 88.0 Å². The molecule has 3 aromatic heterocycles. The lowest BCUT2D eigenvalue weighted by atomic mass is 9.82. The fourth-order valence-electron chi connectivity index (χ4n) is 5.63.